The van der Waals surface area contributed by atoms with E-state index in [4.69, 9.17) is 22.7 Å². The molecule has 0 radical (unpaired) electrons. The molecule has 0 atom stereocenters. The third-order valence-electron chi connectivity index (χ3n) is 4.64. The number of anilines is 1. The molecule has 0 spiro atoms. The molecular weight excluding hydrogens is 394 g/mol. The molecule has 4 rings (SSSR count). The van der Waals surface area contributed by atoms with Gasteiger partial charge in [0.25, 0.3) is 5.91 Å². The van der Waals surface area contributed by atoms with Crippen LogP contribution in [0.2, 0.25) is 0 Å². The molecule has 9 heteroatoms. The summed E-state index contributed by atoms with van der Waals surface area (Å²) < 4.78 is 7.99. The maximum atomic E-state index is 12.0. The maximum absolute atomic E-state index is 12.0. The molecule has 0 fully saturated rings. The molecule has 144 valence electrons. The Bertz CT molecular complexity index is 1070. The first-order chi connectivity index (χ1) is 13.5. The fourth-order valence-corrected chi connectivity index (χ4v) is 4.54. The predicted molar refractivity (Wildman–Crippen MR) is 114 cm³/mol. The second-order valence-electron chi connectivity index (χ2n) is 6.41. The lowest BCUT2D eigenvalue weighted by molar-refractivity contribution is 0.100. The number of rotatable bonds is 4. The predicted octanol–water partition coefficient (Wildman–Crippen LogP) is 3.05. The van der Waals surface area contributed by atoms with E-state index in [1.165, 1.54) is 11.3 Å². The Kier molecular flexibility index (Phi) is 4.78. The van der Waals surface area contributed by atoms with E-state index in [1.54, 1.807) is 7.05 Å². The van der Waals surface area contributed by atoms with Gasteiger partial charge in [-0.05, 0) is 60.5 Å². The molecular formula is C19H19N5O2S2. The Labute approximate surface area is 171 Å². The first-order valence-corrected chi connectivity index (χ1v) is 9.93. The quantitative estimate of drug-likeness (QED) is 0.569. The number of thiocarbonyl (C=S) groups is 1. The second kappa shape index (κ2) is 7.25. The van der Waals surface area contributed by atoms with Crippen molar-refractivity contribution in [1.29, 1.82) is 0 Å². The number of amides is 1. The summed E-state index contributed by atoms with van der Waals surface area (Å²) in [6.07, 6.45) is 3.45. The molecule has 0 unspecified atom stereocenters. The third-order valence-corrected chi connectivity index (χ3v) is 6.07. The minimum atomic E-state index is -0.429. The highest BCUT2D eigenvalue weighted by Crippen LogP contribution is 2.48. The monoisotopic (exact) mass is 413 g/mol. The normalized spacial score (nSPS) is 12.1. The van der Waals surface area contributed by atoms with Crippen molar-refractivity contribution in [3.63, 3.8) is 0 Å². The van der Waals surface area contributed by atoms with E-state index in [-0.39, 0.29) is 0 Å². The van der Waals surface area contributed by atoms with Crippen LogP contribution in [0.5, 0.6) is 10.8 Å². The van der Waals surface area contributed by atoms with E-state index >= 15 is 0 Å². The van der Waals surface area contributed by atoms with Crippen LogP contribution < -0.4 is 21.1 Å². The van der Waals surface area contributed by atoms with Crippen molar-refractivity contribution in [2.24, 2.45) is 12.8 Å². The van der Waals surface area contributed by atoms with Gasteiger partial charge in [0, 0.05) is 19.8 Å². The molecule has 7 nitrogen and oxygen atoms in total. The molecule has 1 aromatic carbocycles. The van der Waals surface area contributed by atoms with Gasteiger partial charge in [0.05, 0.1) is 22.3 Å². The number of hydrogen-bond donors (Lipinski definition) is 3. The zero-order valence-electron chi connectivity index (χ0n) is 15.4. The fraction of sp³-hybridized carbons (Fsp3) is 0.211. The number of fused-ring (bicyclic) bond motifs is 3. The first-order valence-electron chi connectivity index (χ1n) is 8.71. The van der Waals surface area contributed by atoms with Crippen molar-refractivity contribution in [3.05, 3.63) is 46.5 Å². The summed E-state index contributed by atoms with van der Waals surface area (Å²) in [7, 11) is 3.65. The highest BCUT2D eigenvalue weighted by atomic mass is 32.1. The lowest BCUT2D eigenvalue weighted by Gasteiger charge is -2.16. The van der Waals surface area contributed by atoms with Gasteiger partial charge in [-0.2, -0.15) is 5.10 Å². The molecule has 1 amide bonds. The molecule has 0 saturated carbocycles. The van der Waals surface area contributed by atoms with E-state index < -0.39 is 5.91 Å². The van der Waals surface area contributed by atoms with Gasteiger partial charge in [-0.1, -0.05) is 11.3 Å². The number of nitrogens with two attached hydrogens (primary N) is 1. The van der Waals surface area contributed by atoms with Crippen molar-refractivity contribution in [3.8, 4) is 22.1 Å². The lowest BCUT2D eigenvalue weighted by Crippen LogP contribution is -2.23. The number of benzene rings is 1. The number of thiophene rings is 1. The number of carbonyl (C=O) groups is 1. The molecule has 3 aromatic rings. The van der Waals surface area contributed by atoms with Gasteiger partial charge in [-0.3, -0.25) is 9.48 Å². The van der Waals surface area contributed by atoms with Crippen LogP contribution in [0.1, 0.15) is 20.8 Å². The summed E-state index contributed by atoms with van der Waals surface area (Å²) in [5.41, 5.74) is 10.5. The van der Waals surface area contributed by atoms with Gasteiger partial charge in [-0.15, -0.1) is 0 Å². The first kappa shape index (κ1) is 18.5. The Morgan fingerprint density at radius 2 is 2.07 bits per heavy atom. The Hall–Kier alpha value is -2.91. The average Bonchev–Trinajstić information content (AvgIpc) is 3.24. The molecule has 0 saturated heterocycles. The topological polar surface area (TPSA) is 94.2 Å². The zero-order valence-corrected chi connectivity index (χ0v) is 17.0. The summed E-state index contributed by atoms with van der Waals surface area (Å²) >= 11 is 6.39. The Morgan fingerprint density at radius 1 is 1.32 bits per heavy atom. The maximum Gasteiger partial charge on any atom is 0.259 e. The second-order valence-corrected chi connectivity index (χ2v) is 7.80. The van der Waals surface area contributed by atoms with Crippen LogP contribution in [0.25, 0.3) is 11.3 Å². The standard InChI is InChI=1S/C19H19N5O2S2/c1-21-19(27)23-11-4-6-12(7-5-11)26-18-14-13(16(28-18)17(20)25)8-3-10-9-22-24(2)15(10)14/h4-7,9H,3,8H2,1-2H3,(H2,20,25)(H2,21,23,27). The van der Waals surface area contributed by atoms with E-state index in [0.29, 0.717) is 20.8 Å². The zero-order chi connectivity index (χ0) is 19.8. The van der Waals surface area contributed by atoms with Gasteiger partial charge >= 0.3 is 0 Å². The lowest BCUT2D eigenvalue weighted by atomic mass is 9.91. The smallest absolute Gasteiger partial charge is 0.259 e. The van der Waals surface area contributed by atoms with E-state index in [2.05, 4.69) is 15.7 Å². The number of aryl methyl sites for hydroxylation is 2. The Morgan fingerprint density at radius 3 is 2.75 bits per heavy atom. The molecule has 0 bridgehead atoms. The van der Waals surface area contributed by atoms with Gasteiger partial charge in [0.15, 0.2) is 10.2 Å². The van der Waals surface area contributed by atoms with E-state index in [9.17, 15) is 4.79 Å². The summed E-state index contributed by atoms with van der Waals surface area (Å²) in [4.78, 5) is 12.5. The number of aromatic nitrogens is 2. The number of hydrogen-bond acceptors (Lipinski definition) is 5. The summed E-state index contributed by atoms with van der Waals surface area (Å²) in [6.45, 7) is 0. The van der Waals surface area contributed by atoms with Crippen LogP contribution >= 0.6 is 23.6 Å². The molecule has 4 N–H and O–H groups in total. The molecule has 2 heterocycles. The van der Waals surface area contributed by atoms with E-state index in [0.717, 1.165) is 40.9 Å². The van der Waals surface area contributed by atoms with Crippen molar-refractivity contribution in [2.45, 2.75) is 12.8 Å². The van der Waals surface area contributed by atoms with Crippen LogP contribution in [0.4, 0.5) is 5.69 Å². The van der Waals surface area contributed by atoms with Gasteiger partial charge in [0.1, 0.15) is 5.75 Å². The van der Waals surface area contributed by atoms with Crippen LogP contribution in [0.15, 0.2) is 30.5 Å². The molecule has 1 aliphatic rings. The highest BCUT2D eigenvalue weighted by Gasteiger charge is 2.30. The Balaban J connectivity index is 1.70. The molecule has 1 aliphatic carbocycles. The van der Waals surface area contributed by atoms with Crippen LogP contribution in [-0.2, 0) is 19.9 Å². The van der Waals surface area contributed by atoms with Gasteiger partial charge < -0.3 is 21.1 Å². The highest BCUT2D eigenvalue weighted by molar-refractivity contribution is 7.80. The number of nitrogens with zero attached hydrogens (tertiary/aromatic N) is 2. The summed E-state index contributed by atoms with van der Waals surface area (Å²) in [6, 6.07) is 7.46. The molecule has 0 aliphatic heterocycles. The van der Waals surface area contributed by atoms with Crippen LogP contribution in [0.3, 0.4) is 0 Å². The van der Waals surface area contributed by atoms with Crippen molar-refractivity contribution in [2.75, 3.05) is 12.4 Å². The third kappa shape index (κ3) is 3.23. The van der Waals surface area contributed by atoms with E-state index in [1.807, 2.05) is 42.2 Å². The number of carbonyl (C=O) groups excluding carboxylic acids is 1. The number of nitrogens with one attached hydrogen (secondary N) is 2. The van der Waals surface area contributed by atoms with Crippen LogP contribution in [0, 0.1) is 0 Å². The SMILES string of the molecule is CNC(=S)Nc1ccc(Oc2sc(C(N)=O)c3c2-c2c(cnn2C)CC3)cc1. The number of primary amides is 1. The fourth-order valence-electron chi connectivity index (χ4n) is 3.35. The van der Waals surface area contributed by atoms with Gasteiger partial charge in [-0.25, -0.2) is 0 Å². The van der Waals surface area contributed by atoms with Crippen molar-refractivity contribution < 1.29 is 9.53 Å². The molecule has 28 heavy (non-hydrogen) atoms. The van der Waals surface area contributed by atoms with Gasteiger partial charge in [0.2, 0.25) is 0 Å². The van der Waals surface area contributed by atoms with Crippen molar-refractivity contribution in [1.82, 2.24) is 15.1 Å². The number of ether oxygens (including phenoxy) is 1. The minimum absolute atomic E-state index is 0.429. The average molecular weight is 414 g/mol. The minimum Gasteiger partial charge on any atom is -0.446 e. The van der Waals surface area contributed by atoms with Crippen LogP contribution in [-0.4, -0.2) is 27.8 Å². The molecule has 2 aromatic heterocycles. The summed E-state index contributed by atoms with van der Waals surface area (Å²) in [5.74, 6) is 0.233. The summed E-state index contributed by atoms with van der Waals surface area (Å²) in [5, 5.41) is 11.5. The van der Waals surface area contributed by atoms with Crippen molar-refractivity contribution >= 4 is 40.3 Å². The largest absolute Gasteiger partial charge is 0.446 e.